The van der Waals surface area contributed by atoms with E-state index >= 15 is 0 Å². The highest BCUT2D eigenvalue weighted by molar-refractivity contribution is 5.95. The van der Waals surface area contributed by atoms with Crippen molar-refractivity contribution in [2.45, 2.75) is 44.7 Å². The first-order valence-corrected chi connectivity index (χ1v) is 13.7. The molecule has 5 rings (SSSR count). The summed E-state index contributed by atoms with van der Waals surface area (Å²) in [5.74, 6) is 0.347. The van der Waals surface area contributed by atoms with Crippen molar-refractivity contribution in [3.63, 3.8) is 0 Å². The molecule has 3 aromatic rings. The fourth-order valence-corrected chi connectivity index (χ4v) is 5.90. The Morgan fingerprint density at radius 2 is 1.44 bits per heavy atom. The highest BCUT2D eigenvalue weighted by Crippen LogP contribution is 2.33. The SMILES string of the molecule is O=C(NCc1ccc(O)c(O)c1)c1ccc(N2CCN(C3CCC(Cc4ccc(O)cc4)CC3)CC2)c(O)c1. The Hall–Kier alpha value is -3.91. The van der Waals surface area contributed by atoms with E-state index in [2.05, 4.69) is 15.1 Å². The summed E-state index contributed by atoms with van der Waals surface area (Å²) >= 11 is 0. The zero-order valence-electron chi connectivity index (χ0n) is 22.1. The number of piperazine rings is 1. The second kappa shape index (κ2) is 11.9. The molecule has 2 fully saturated rings. The number of phenols is 4. The van der Waals surface area contributed by atoms with Gasteiger partial charge in [-0.3, -0.25) is 9.69 Å². The Labute approximate surface area is 229 Å². The quantitative estimate of drug-likeness (QED) is 0.288. The fraction of sp³-hybridized carbons (Fsp3) is 0.387. The molecular formula is C31H37N3O5. The van der Waals surface area contributed by atoms with Crippen LogP contribution in [0.25, 0.3) is 0 Å². The molecule has 8 nitrogen and oxygen atoms in total. The third-order valence-electron chi connectivity index (χ3n) is 8.18. The average Bonchev–Trinajstić information content (AvgIpc) is 2.95. The van der Waals surface area contributed by atoms with Crippen molar-refractivity contribution in [2.24, 2.45) is 5.92 Å². The number of nitrogens with zero attached hydrogens (tertiary/aromatic N) is 2. The number of hydrogen-bond donors (Lipinski definition) is 5. The maximum atomic E-state index is 12.6. The lowest BCUT2D eigenvalue weighted by Gasteiger charge is -2.42. The lowest BCUT2D eigenvalue weighted by Crippen LogP contribution is -2.51. The van der Waals surface area contributed by atoms with Crippen molar-refractivity contribution in [3.8, 4) is 23.0 Å². The first-order chi connectivity index (χ1) is 18.9. The van der Waals surface area contributed by atoms with E-state index in [1.54, 1.807) is 30.3 Å². The third kappa shape index (κ3) is 6.57. The van der Waals surface area contributed by atoms with Crippen molar-refractivity contribution >= 4 is 11.6 Å². The standard InChI is InChI=1S/C31H37N3O5/c35-26-9-3-22(4-10-26)17-21-1-7-25(8-2-21)33-13-15-34(16-14-33)27-11-6-24(19-29(27)37)31(39)32-20-23-5-12-28(36)30(38)18-23/h3-6,9-12,18-19,21,25,35-38H,1-2,7-8,13-17,20H2,(H,32,39). The molecular weight excluding hydrogens is 494 g/mol. The van der Waals surface area contributed by atoms with Gasteiger partial charge >= 0.3 is 0 Å². The monoisotopic (exact) mass is 531 g/mol. The topological polar surface area (TPSA) is 116 Å². The number of anilines is 1. The van der Waals surface area contributed by atoms with Gasteiger partial charge in [-0.15, -0.1) is 0 Å². The molecule has 1 heterocycles. The molecule has 0 radical (unpaired) electrons. The Kier molecular flexibility index (Phi) is 8.12. The summed E-state index contributed by atoms with van der Waals surface area (Å²) in [6, 6.07) is 17.6. The van der Waals surface area contributed by atoms with Crippen molar-refractivity contribution in [1.29, 1.82) is 0 Å². The highest BCUT2D eigenvalue weighted by Gasteiger charge is 2.29. The van der Waals surface area contributed by atoms with Crippen LogP contribution in [0.4, 0.5) is 5.69 Å². The van der Waals surface area contributed by atoms with Crippen molar-refractivity contribution in [3.05, 3.63) is 77.4 Å². The number of rotatable bonds is 7. The lowest BCUT2D eigenvalue weighted by molar-refractivity contribution is 0.0950. The van der Waals surface area contributed by atoms with Gasteiger partial charge in [0.1, 0.15) is 11.5 Å². The summed E-state index contributed by atoms with van der Waals surface area (Å²) in [6.45, 7) is 3.76. The molecule has 2 aliphatic rings. The van der Waals surface area contributed by atoms with Crippen molar-refractivity contribution in [2.75, 3.05) is 31.1 Å². The number of amides is 1. The number of benzene rings is 3. The molecule has 1 aliphatic carbocycles. The Morgan fingerprint density at radius 3 is 2.10 bits per heavy atom. The maximum absolute atomic E-state index is 12.6. The van der Waals surface area contributed by atoms with Gasteiger partial charge in [0.25, 0.3) is 5.91 Å². The summed E-state index contributed by atoms with van der Waals surface area (Å²) in [5.41, 5.74) is 3.06. The van der Waals surface area contributed by atoms with Crippen LogP contribution in [-0.2, 0) is 13.0 Å². The van der Waals surface area contributed by atoms with Gasteiger partial charge in [0.05, 0.1) is 5.69 Å². The smallest absolute Gasteiger partial charge is 0.251 e. The van der Waals surface area contributed by atoms with E-state index < -0.39 is 0 Å². The molecule has 3 aromatic carbocycles. The molecule has 0 spiro atoms. The van der Waals surface area contributed by atoms with Crippen LogP contribution >= 0.6 is 0 Å². The summed E-state index contributed by atoms with van der Waals surface area (Å²) in [6.07, 6.45) is 5.95. The maximum Gasteiger partial charge on any atom is 0.251 e. The van der Waals surface area contributed by atoms with Crippen molar-refractivity contribution < 1.29 is 25.2 Å². The number of hydrogen-bond acceptors (Lipinski definition) is 7. The number of carbonyl (C=O) groups excluding carboxylic acids is 1. The van der Waals surface area contributed by atoms with E-state index in [-0.39, 0.29) is 29.7 Å². The molecule has 5 N–H and O–H groups in total. The van der Waals surface area contributed by atoms with Crippen LogP contribution in [0.5, 0.6) is 23.0 Å². The average molecular weight is 532 g/mol. The molecule has 1 aliphatic heterocycles. The van der Waals surface area contributed by atoms with Crippen LogP contribution in [-0.4, -0.2) is 63.5 Å². The second-order valence-electron chi connectivity index (χ2n) is 10.8. The Bertz CT molecular complexity index is 1280. The summed E-state index contributed by atoms with van der Waals surface area (Å²) in [5, 5.41) is 42.0. The minimum atomic E-state index is -0.324. The number of aromatic hydroxyl groups is 4. The van der Waals surface area contributed by atoms with Gasteiger partial charge in [-0.25, -0.2) is 0 Å². The number of carbonyl (C=O) groups is 1. The molecule has 0 unspecified atom stereocenters. The Balaban J connectivity index is 1.08. The zero-order chi connectivity index (χ0) is 27.4. The van der Waals surface area contributed by atoms with Gasteiger partial charge in [0.2, 0.25) is 0 Å². The van der Waals surface area contributed by atoms with Gasteiger partial charge in [-0.2, -0.15) is 0 Å². The van der Waals surface area contributed by atoms with Crippen LogP contribution in [0.1, 0.15) is 47.2 Å². The van der Waals surface area contributed by atoms with E-state index in [1.165, 1.54) is 49.4 Å². The summed E-state index contributed by atoms with van der Waals surface area (Å²) in [4.78, 5) is 17.4. The molecule has 39 heavy (non-hydrogen) atoms. The molecule has 1 amide bonds. The molecule has 1 saturated carbocycles. The van der Waals surface area contributed by atoms with E-state index in [1.807, 2.05) is 12.1 Å². The predicted octanol–water partition coefficient (Wildman–Crippen LogP) is 4.36. The molecule has 206 valence electrons. The first kappa shape index (κ1) is 26.7. The second-order valence-corrected chi connectivity index (χ2v) is 10.8. The summed E-state index contributed by atoms with van der Waals surface area (Å²) < 4.78 is 0. The van der Waals surface area contributed by atoms with Gasteiger partial charge < -0.3 is 30.6 Å². The molecule has 1 saturated heterocycles. The van der Waals surface area contributed by atoms with Crippen LogP contribution in [0, 0.1) is 5.92 Å². The van der Waals surface area contributed by atoms with E-state index in [0.717, 1.165) is 38.3 Å². The third-order valence-corrected chi connectivity index (χ3v) is 8.18. The predicted molar refractivity (Wildman–Crippen MR) is 150 cm³/mol. The highest BCUT2D eigenvalue weighted by atomic mass is 16.3. The molecule has 0 aromatic heterocycles. The van der Waals surface area contributed by atoms with Gasteiger partial charge in [0.15, 0.2) is 11.5 Å². The van der Waals surface area contributed by atoms with Crippen molar-refractivity contribution in [1.82, 2.24) is 10.2 Å². The van der Waals surface area contributed by atoms with E-state index in [0.29, 0.717) is 28.8 Å². The van der Waals surface area contributed by atoms with Gasteiger partial charge in [0, 0.05) is 44.3 Å². The van der Waals surface area contributed by atoms with Gasteiger partial charge in [-0.05, 0) is 91.6 Å². The summed E-state index contributed by atoms with van der Waals surface area (Å²) in [7, 11) is 0. The minimum Gasteiger partial charge on any atom is -0.508 e. The number of phenolic OH excluding ortho intramolecular Hbond substituents is 4. The normalized spacial score (nSPS) is 20.1. The van der Waals surface area contributed by atoms with E-state index in [4.69, 9.17) is 0 Å². The molecule has 0 bridgehead atoms. The Morgan fingerprint density at radius 1 is 0.744 bits per heavy atom. The minimum absolute atomic E-state index is 0.0908. The fourth-order valence-electron chi connectivity index (χ4n) is 5.90. The van der Waals surface area contributed by atoms with Gasteiger partial charge in [-0.1, -0.05) is 18.2 Å². The van der Waals surface area contributed by atoms with Crippen LogP contribution in [0.2, 0.25) is 0 Å². The van der Waals surface area contributed by atoms with Crippen LogP contribution < -0.4 is 10.2 Å². The zero-order valence-corrected chi connectivity index (χ0v) is 22.1. The van der Waals surface area contributed by atoms with E-state index in [9.17, 15) is 25.2 Å². The molecule has 8 heteroatoms. The lowest BCUT2D eigenvalue weighted by atomic mass is 9.81. The largest absolute Gasteiger partial charge is 0.508 e. The van der Waals surface area contributed by atoms with Crippen LogP contribution in [0.15, 0.2) is 60.7 Å². The molecule has 0 atom stereocenters. The van der Waals surface area contributed by atoms with Crippen LogP contribution in [0.3, 0.4) is 0 Å². The number of nitrogens with one attached hydrogen (secondary N) is 1. The first-order valence-electron chi connectivity index (χ1n) is 13.7.